The molecule has 11 nitrogen and oxygen atoms in total. The predicted octanol–water partition coefficient (Wildman–Crippen LogP) is 1.26. The maximum Gasteiger partial charge on any atom is 0.409 e. The van der Waals surface area contributed by atoms with Gasteiger partial charge in [-0.25, -0.2) is 9.78 Å². The maximum atomic E-state index is 13.4. The van der Waals surface area contributed by atoms with Crippen LogP contribution in [-0.2, 0) is 14.3 Å². The van der Waals surface area contributed by atoms with Crippen molar-refractivity contribution in [1.29, 1.82) is 0 Å². The van der Waals surface area contributed by atoms with E-state index in [2.05, 4.69) is 4.98 Å². The molecule has 2 aromatic heterocycles. The Hall–Kier alpha value is -3.45. The minimum atomic E-state index is -1.19. The number of nitrogens with zero attached hydrogens (tertiary/aromatic N) is 5. The van der Waals surface area contributed by atoms with Crippen molar-refractivity contribution in [2.24, 2.45) is 0 Å². The van der Waals surface area contributed by atoms with Crippen molar-refractivity contribution < 1.29 is 24.2 Å². The molecule has 0 spiro atoms. The van der Waals surface area contributed by atoms with E-state index in [0.29, 0.717) is 37.6 Å². The lowest BCUT2D eigenvalue weighted by atomic mass is 10.2. The number of piperazine rings is 1. The highest BCUT2D eigenvalue weighted by molar-refractivity contribution is 8.26. The van der Waals surface area contributed by atoms with Gasteiger partial charge in [-0.2, -0.15) is 0 Å². The molecule has 0 atom stereocenters. The lowest BCUT2D eigenvalue weighted by molar-refractivity contribution is -0.140. The van der Waals surface area contributed by atoms with Gasteiger partial charge in [-0.05, 0) is 25.1 Å². The van der Waals surface area contributed by atoms with Crippen LogP contribution in [0.4, 0.5) is 10.6 Å². The van der Waals surface area contributed by atoms with Gasteiger partial charge in [-0.3, -0.25) is 23.7 Å². The number of hydrogen-bond acceptors (Lipinski definition) is 9. The first-order valence-electron chi connectivity index (χ1n) is 10.5. The molecule has 2 aliphatic rings. The van der Waals surface area contributed by atoms with Gasteiger partial charge in [0.2, 0.25) is 0 Å². The molecule has 4 heterocycles. The Kier molecular flexibility index (Phi) is 6.84. The molecule has 0 bridgehead atoms. The van der Waals surface area contributed by atoms with Crippen LogP contribution < -0.4 is 10.5 Å². The van der Waals surface area contributed by atoms with Crippen molar-refractivity contribution >= 4 is 63.8 Å². The Bertz CT molecular complexity index is 1270. The number of aromatic nitrogens is 2. The molecule has 2 saturated heterocycles. The Morgan fingerprint density at radius 1 is 1.24 bits per heavy atom. The number of thioether (sulfide) groups is 1. The molecule has 13 heteroatoms. The van der Waals surface area contributed by atoms with Crippen molar-refractivity contribution in [3.63, 3.8) is 0 Å². The summed E-state index contributed by atoms with van der Waals surface area (Å²) in [6.45, 7) is 3.06. The molecule has 0 unspecified atom stereocenters. The Morgan fingerprint density at radius 2 is 1.97 bits per heavy atom. The Labute approximate surface area is 203 Å². The van der Waals surface area contributed by atoms with Crippen LogP contribution in [0.3, 0.4) is 0 Å². The van der Waals surface area contributed by atoms with Crippen LogP contribution in [0.25, 0.3) is 11.7 Å². The smallest absolute Gasteiger partial charge is 0.409 e. The third kappa shape index (κ3) is 4.61. The van der Waals surface area contributed by atoms with E-state index in [9.17, 15) is 19.2 Å². The molecule has 0 aliphatic carbocycles. The highest BCUT2D eigenvalue weighted by Gasteiger charge is 2.34. The summed E-state index contributed by atoms with van der Waals surface area (Å²) in [5.41, 5.74) is 0.243. The van der Waals surface area contributed by atoms with Gasteiger partial charge in [0.25, 0.3) is 11.5 Å². The van der Waals surface area contributed by atoms with E-state index in [1.807, 2.05) is 4.90 Å². The number of fused-ring (bicyclic) bond motifs is 1. The summed E-state index contributed by atoms with van der Waals surface area (Å²) in [6.07, 6.45) is 2.61. The third-order valence-corrected chi connectivity index (χ3v) is 6.67. The standard InChI is InChI=1S/C21H21N5O6S2/c1-2-32-20(31)24-9-7-23(8-10-24)17-13(18(29)25-6-4-3-5-15(25)22-17)11-14-19(30)26(12-16(27)28)21(33)34-14/h3-6,11H,2,7-10,12H2,1H3,(H,27,28). The predicted molar refractivity (Wildman–Crippen MR) is 130 cm³/mol. The first-order chi connectivity index (χ1) is 16.3. The zero-order chi connectivity index (χ0) is 24.4. The average Bonchev–Trinajstić information content (AvgIpc) is 3.08. The van der Waals surface area contributed by atoms with E-state index in [0.717, 1.165) is 16.7 Å². The van der Waals surface area contributed by atoms with Gasteiger partial charge in [0.15, 0.2) is 0 Å². The number of carboxylic acid groups (broad SMARTS) is 1. The summed E-state index contributed by atoms with van der Waals surface area (Å²) in [7, 11) is 0. The molecule has 2 amide bonds. The highest BCUT2D eigenvalue weighted by Crippen LogP contribution is 2.33. The minimum absolute atomic E-state index is 0.108. The SMILES string of the molecule is CCOC(=O)N1CCN(c2nc3ccccn3c(=O)c2C=C2SC(=S)N(CC(=O)O)C2=O)CC1. The molecule has 0 radical (unpaired) electrons. The molecule has 34 heavy (non-hydrogen) atoms. The molecule has 2 fully saturated rings. The first kappa shape index (κ1) is 23.7. The van der Waals surface area contributed by atoms with Crippen molar-refractivity contribution in [3.8, 4) is 0 Å². The molecule has 2 aromatic rings. The topological polar surface area (TPSA) is 125 Å². The van der Waals surface area contributed by atoms with Crippen molar-refractivity contribution in [1.82, 2.24) is 19.2 Å². The van der Waals surface area contributed by atoms with E-state index in [1.165, 1.54) is 10.5 Å². The number of carbonyl (C=O) groups is 3. The number of amides is 2. The van der Waals surface area contributed by atoms with E-state index in [4.69, 9.17) is 22.1 Å². The maximum absolute atomic E-state index is 13.4. The lowest BCUT2D eigenvalue weighted by Crippen LogP contribution is -2.49. The molecule has 178 valence electrons. The summed E-state index contributed by atoms with van der Waals surface area (Å²) in [6, 6.07) is 5.17. The number of anilines is 1. The Morgan fingerprint density at radius 3 is 2.65 bits per heavy atom. The van der Waals surface area contributed by atoms with E-state index < -0.39 is 24.5 Å². The van der Waals surface area contributed by atoms with Crippen molar-refractivity contribution in [3.05, 3.63) is 45.2 Å². The van der Waals surface area contributed by atoms with Gasteiger partial charge < -0.3 is 19.6 Å². The van der Waals surface area contributed by atoms with Crippen LogP contribution in [0.5, 0.6) is 0 Å². The number of thiocarbonyl (C=S) groups is 1. The van der Waals surface area contributed by atoms with Crippen LogP contribution in [0, 0.1) is 0 Å². The third-order valence-electron chi connectivity index (χ3n) is 5.30. The van der Waals surface area contributed by atoms with E-state index in [-0.39, 0.29) is 27.0 Å². The van der Waals surface area contributed by atoms with Crippen LogP contribution in [-0.4, -0.2) is 85.9 Å². The van der Waals surface area contributed by atoms with Gasteiger partial charge in [0.1, 0.15) is 22.3 Å². The summed E-state index contributed by atoms with van der Waals surface area (Å²) >= 11 is 6.10. The van der Waals surface area contributed by atoms with E-state index in [1.54, 1.807) is 36.2 Å². The molecular formula is C21H21N5O6S2. The number of aliphatic carboxylic acids is 1. The first-order valence-corrected chi connectivity index (χ1v) is 11.7. The van der Waals surface area contributed by atoms with Crippen LogP contribution in [0.1, 0.15) is 12.5 Å². The quantitative estimate of drug-likeness (QED) is 0.471. The Balaban J connectivity index is 1.72. The number of rotatable bonds is 5. The molecular weight excluding hydrogens is 482 g/mol. The highest BCUT2D eigenvalue weighted by atomic mass is 32.2. The van der Waals surface area contributed by atoms with Crippen LogP contribution in [0.2, 0.25) is 0 Å². The summed E-state index contributed by atoms with van der Waals surface area (Å²) in [4.78, 5) is 58.6. The molecule has 1 N–H and O–H groups in total. The average molecular weight is 504 g/mol. The van der Waals surface area contributed by atoms with Gasteiger partial charge in [0.05, 0.1) is 17.1 Å². The fourth-order valence-corrected chi connectivity index (χ4v) is 4.91. The molecule has 0 saturated carbocycles. The fraction of sp³-hybridized carbons (Fsp3) is 0.333. The second-order valence-corrected chi connectivity index (χ2v) is 9.09. The van der Waals surface area contributed by atoms with Gasteiger partial charge in [-0.1, -0.05) is 30.0 Å². The number of ether oxygens (including phenoxy) is 1. The molecule has 4 rings (SSSR count). The van der Waals surface area contributed by atoms with Gasteiger partial charge >= 0.3 is 12.1 Å². The molecule has 2 aliphatic heterocycles. The van der Waals surface area contributed by atoms with Gasteiger partial charge in [-0.15, -0.1) is 0 Å². The monoisotopic (exact) mass is 503 g/mol. The van der Waals surface area contributed by atoms with Crippen LogP contribution >= 0.6 is 24.0 Å². The van der Waals surface area contributed by atoms with Crippen molar-refractivity contribution in [2.45, 2.75) is 6.92 Å². The lowest BCUT2D eigenvalue weighted by Gasteiger charge is -2.35. The minimum Gasteiger partial charge on any atom is -0.480 e. The normalized spacial score (nSPS) is 17.7. The zero-order valence-electron chi connectivity index (χ0n) is 18.2. The summed E-state index contributed by atoms with van der Waals surface area (Å²) in [5, 5.41) is 9.07. The number of hydrogen-bond donors (Lipinski definition) is 1. The number of carboxylic acids is 1. The second-order valence-electron chi connectivity index (χ2n) is 7.42. The summed E-state index contributed by atoms with van der Waals surface area (Å²) in [5.74, 6) is -1.39. The second kappa shape index (κ2) is 9.81. The fourth-order valence-electron chi connectivity index (χ4n) is 3.68. The molecule has 0 aromatic carbocycles. The number of carbonyl (C=O) groups excluding carboxylic acids is 2. The van der Waals surface area contributed by atoms with Crippen LogP contribution in [0.15, 0.2) is 34.1 Å². The largest absolute Gasteiger partial charge is 0.480 e. The zero-order valence-corrected chi connectivity index (χ0v) is 19.8. The van der Waals surface area contributed by atoms with E-state index >= 15 is 0 Å². The summed E-state index contributed by atoms with van der Waals surface area (Å²) < 4.78 is 6.55. The van der Waals surface area contributed by atoms with Gasteiger partial charge in [0, 0.05) is 32.4 Å². The number of pyridine rings is 1. The van der Waals surface area contributed by atoms with Crippen molar-refractivity contribution in [2.75, 3.05) is 44.2 Å².